The van der Waals surface area contributed by atoms with E-state index in [1.54, 1.807) is 24.1 Å². The number of hydrogen-bond donors (Lipinski definition) is 0. The summed E-state index contributed by atoms with van der Waals surface area (Å²) in [6.07, 6.45) is -0.604. The maximum atomic E-state index is 13.7. The van der Waals surface area contributed by atoms with Crippen LogP contribution >= 0.6 is 11.6 Å². The van der Waals surface area contributed by atoms with Gasteiger partial charge < -0.3 is 4.90 Å². The molecular formula is C17H15ClF3N5O. The minimum absolute atomic E-state index is 0.121. The molecule has 0 aliphatic heterocycles. The van der Waals surface area contributed by atoms with E-state index in [0.29, 0.717) is 15.3 Å². The largest absolute Gasteiger partial charge is 0.434 e. The molecule has 27 heavy (non-hydrogen) atoms. The average Bonchev–Trinajstić information content (AvgIpc) is 3.21. The van der Waals surface area contributed by atoms with Gasteiger partial charge in [0, 0.05) is 37.4 Å². The molecular weight excluding hydrogens is 383 g/mol. The first-order chi connectivity index (χ1) is 12.7. The molecule has 0 radical (unpaired) electrons. The summed E-state index contributed by atoms with van der Waals surface area (Å²) in [7, 11) is 3.14. The Morgan fingerprint density at radius 3 is 2.41 bits per heavy atom. The predicted octanol–water partition coefficient (Wildman–Crippen LogP) is 3.55. The monoisotopic (exact) mass is 397 g/mol. The number of carbonyl (C=O) groups is 1. The van der Waals surface area contributed by atoms with Gasteiger partial charge in [0.2, 0.25) is 0 Å². The quantitative estimate of drug-likeness (QED) is 0.676. The van der Waals surface area contributed by atoms with Crippen LogP contribution in [0.4, 0.5) is 13.2 Å². The van der Waals surface area contributed by atoms with Gasteiger partial charge in [0.25, 0.3) is 5.91 Å². The zero-order valence-electron chi connectivity index (χ0n) is 14.4. The first-order valence-corrected chi connectivity index (χ1v) is 8.19. The molecule has 142 valence electrons. The Morgan fingerprint density at radius 2 is 1.85 bits per heavy atom. The molecule has 2 aromatic heterocycles. The fourth-order valence-corrected chi connectivity index (χ4v) is 2.79. The van der Waals surface area contributed by atoms with Crippen LogP contribution in [0.5, 0.6) is 0 Å². The van der Waals surface area contributed by atoms with Crippen molar-refractivity contribution < 1.29 is 18.0 Å². The van der Waals surface area contributed by atoms with E-state index in [-0.39, 0.29) is 12.2 Å². The number of nitrogens with zero attached hydrogens (tertiary/aromatic N) is 5. The van der Waals surface area contributed by atoms with Gasteiger partial charge in [-0.05, 0) is 24.3 Å². The van der Waals surface area contributed by atoms with Crippen molar-refractivity contribution in [2.24, 2.45) is 7.05 Å². The van der Waals surface area contributed by atoms with E-state index in [1.165, 1.54) is 36.2 Å². The summed E-state index contributed by atoms with van der Waals surface area (Å²) in [6, 6.07) is 5.71. The number of aromatic nitrogens is 4. The highest BCUT2D eigenvalue weighted by molar-refractivity contribution is 6.30. The summed E-state index contributed by atoms with van der Waals surface area (Å²) in [5.74, 6) is -0.786. The second-order valence-electron chi connectivity index (χ2n) is 5.98. The second-order valence-corrected chi connectivity index (χ2v) is 6.41. The van der Waals surface area contributed by atoms with E-state index in [2.05, 4.69) is 10.2 Å². The molecule has 0 spiro atoms. The third-order valence-corrected chi connectivity index (χ3v) is 4.12. The van der Waals surface area contributed by atoms with Crippen LogP contribution in [0.25, 0.3) is 5.69 Å². The minimum atomic E-state index is -4.77. The van der Waals surface area contributed by atoms with E-state index < -0.39 is 23.3 Å². The molecule has 0 aliphatic rings. The second kappa shape index (κ2) is 7.07. The third kappa shape index (κ3) is 3.97. The van der Waals surface area contributed by atoms with E-state index in [9.17, 15) is 18.0 Å². The van der Waals surface area contributed by atoms with Crippen LogP contribution in [0.2, 0.25) is 5.02 Å². The number of benzene rings is 1. The third-order valence-electron chi connectivity index (χ3n) is 3.86. The standard InChI is InChI=1S/C17H15ClF3N5O/c1-24(9-11-7-22-25(2)10-11)16(27)14-8-23-26(15(14)17(19,20)21)13-5-3-12(18)4-6-13/h3-8,10H,9H2,1-2H3. The Bertz CT molecular complexity index is 962. The fraction of sp³-hybridized carbons (Fsp3) is 0.235. The summed E-state index contributed by atoms with van der Waals surface area (Å²) in [5, 5.41) is 8.15. The molecule has 0 N–H and O–H groups in total. The maximum Gasteiger partial charge on any atom is 0.434 e. The van der Waals surface area contributed by atoms with Crippen LogP contribution in [0.1, 0.15) is 21.6 Å². The highest BCUT2D eigenvalue weighted by atomic mass is 35.5. The van der Waals surface area contributed by atoms with Crippen molar-refractivity contribution in [3.63, 3.8) is 0 Å². The van der Waals surface area contributed by atoms with Crippen LogP contribution < -0.4 is 0 Å². The zero-order valence-corrected chi connectivity index (χ0v) is 15.2. The molecule has 0 fully saturated rings. The Kier molecular flexibility index (Phi) is 4.97. The summed E-state index contributed by atoms with van der Waals surface area (Å²) in [4.78, 5) is 13.8. The normalized spacial score (nSPS) is 11.6. The number of carbonyl (C=O) groups excluding carboxylic acids is 1. The van der Waals surface area contributed by atoms with E-state index in [0.717, 1.165) is 6.20 Å². The fourth-order valence-electron chi connectivity index (χ4n) is 2.66. The summed E-state index contributed by atoms with van der Waals surface area (Å²) in [6.45, 7) is 0.121. The first kappa shape index (κ1) is 19.0. The Labute approximate surface area is 157 Å². The summed E-state index contributed by atoms with van der Waals surface area (Å²) < 4.78 is 43.3. The molecule has 10 heteroatoms. The number of rotatable bonds is 4. The topological polar surface area (TPSA) is 56.0 Å². The van der Waals surface area contributed by atoms with Gasteiger partial charge >= 0.3 is 6.18 Å². The van der Waals surface area contributed by atoms with Crippen LogP contribution in [0.3, 0.4) is 0 Å². The molecule has 1 aromatic carbocycles. The zero-order chi connectivity index (χ0) is 19.8. The average molecular weight is 398 g/mol. The van der Waals surface area contributed by atoms with Crippen molar-refractivity contribution in [2.75, 3.05) is 7.05 Å². The summed E-state index contributed by atoms with van der Waals surface area (Å²) >= 11 is 5.79. The number of hydrogen-bond acceptors (Lipinski definition) is 3. The van der Waals surface area contributed by atoms with Crippen molar-refractivity contribution in [1.82, 2.24) is 24.5 Å². The Hall–Kier alpha value is -2.81. The molecule has 2 heterocycles. The number of alkyl halides is 3. The Balaban J connectivity index is 1.97. The molecule has 0 unspecified atom stereocenters. The molecule has 6 nitrogen and oxygen atoms in total. The van der Waals surface area contributed by atoms with Gasteiger partial charge in [-0.15, -0.1) is 0 Å². The van der Waals surface area contributed by atoms with Gasteiger partial charge in [-0.25, -0.2) is 4.68 Å². The lowest BCUT2D eigenvalue weighted by atomic mass is 10.2. The van der Waals surface area contributed by atoms with Crippen molar-refractivity contribution in [2.45, 2.75) is 12.7 Å². The van der Waals surface area contributed by atoms with Crippen LogP contribution in [0, 0.1) is 0 Å². The van der Waals surface area contributed by atoms with Crippen LogP contribution in [-0.2, 0) is 19.8 Å². The molecule has 3 rings (SSSR count). The molecule has 3 aromatic rings. The van der Waals surface area contributed by atoms with Crippen molar-refractivity contribution in [1.29, 1.82) is 0 Å². The van der Waals surface area contributed by atoms with Crippen molar-refractivity contribution in [3.8, 4) is 5.69 Å². The lowest BCUT2D eigenvalue weighted by molar-refractivity contribution is -0.143. The van der Waals surface area contributed by atoms with Crippen molar-refractivity contribution >= 4 is 17.5 Å². The maximum absolute atomic E-state index is 13.7. The molecule has 0 saturated carbocycles. The lowest BCUT2D eigenvalue weighted by Gasteiger charge is -2.18. The van der Waals surface area contributed by atoms with Crippen LogP contribution in [0.15, 0.2) is 42.9 Å². The highest BCUT2D eigenvalue weighted by Gasteiger charge is 2.41. The Morgan fingerprint density at radius 1 is 1.19 bits per heavy atom. The molecule has 0 bridgehead atoms. The summed E-state index contributed by atoms with van der Waals surface area (Å²) in [5.41, 5.74) is -0.801. The van der Waals surface area contributed by atoms with E-state index >= 15 is 0 Å². The van der Waals surface area contributed by atoms with Gasteiger partial charge in [0.15, 0.2) is 5.69 Å². The van der Waals surface area contributed by atoms with Gasteiger partial charge in [-0.3, -0.25) is 9.48 Å². The molecule has 0 aliphatic carbocycles. The molecule has 0 atom stereocenters. The predicted molar refractivity (Wildman–Crippen MR) is 92.6 cm³/mol. The van der Waals surface area contributed by atoms with E-state index in [4.69, 9.17) is 11.6 Å². The first-order valence-electron chi connectivity index (χ1n) is 7.81. The molecule has 1 amide bonds. The lowest BCUT2D eigenvalue weighted by Crippen LogP contribution is -2.28. The van der Waals surface area contributed by atoms with E-state index in [1.807, 2.05) is 0 Å². The number of aryl methyl sites for hydroxylation is 1. The smallest absolute Gasteiger partial charge is 0.337 e. The molecule has 0 saturated heterocycles. The minimum Gasteiger partial charge on any atom is -0.337 e. The number of amides is 1. The highest BCUT2D eigenvalue weighted by Crippen LogP contribution is 2.34. The SMILES string of the molecule is CN(Cc1cnn(C)c1)C(=O)c1cnn(-c2ccc(Cl)cc2)c1C(F)(F)F. The van der Waals surface area contributed by atoms with Gasteiger partial charge in [0.05, 0.1) is 23.6 Å². The van der Waals surface area contributed by atoms with Gasteiger partial charge in [-0.2, -0.15) is 23.4 Å². The van der Waals surface area contributed by atoms with Crippen molar-refractivity contribution in [3.05, 3.63) is 64.7 Å². The van der Waals surface area contributed by atoms with Crippen LogP contribution in [-0.4, -0.2) is 37.4 Å². The number of halogens is 4. The van der Waals surface area contributed by atoms with Gasteiger partial charge in [-0.1, -0.05) is 11.6 Å². The van der Waals surface area contributed by atoms with Gasteiger partial charge in [0.1, 0.15) is 0 Å².